The molecule has 1 saturated carbocycles. The van der Waals surface area contributed by atoms with Gasteiger partial charge < -0.3 is 11.1 Å². The topological polar surface area (TPSA) is 38.0 Å². The van der Waals surface area contributed by atoms with Crippen LogP contribution in [0.5, 0.6) is 0 Å². The molecule has 0 aliphatic heterocycles. The molecule has 0 unspecified atom stereocenters. The van der Waals surface area contributed by atoms with E-state index < -0.39 is 0 Å². The Bertz CT molecular complexity index is 191. The van der Waals surface area contributed by atoms with Gasteiger partial charge >= 0.3 is 0 Å². The third kappa shape index (κ3) is 3.21. The van der Waals surface area contributed by atoms with Gasteiger partial charge in [-0.3, -0.25) is 0 Å². The van der Waals surface area contributed by atoms with Gasteiger partial charge in [0.2, 0.25) is 0 Å². The molecule has 0 amide bonds. The van der Waals surface area contributed by atoms with Crippen molar-refractivity contribution in [1.82, 2.24) is 5.32 Å². The lowest BCUT2D eigenvalue weighted by Crippen LogP contribution is -2.61. The summed E-state index contributed by atoms with van der Waals surface area (Å²) in [4.78, 5) is 0. The zero-order chi connectivity index (χ0) is 12.2. The summed E-state index contributed by atoms with van der Waals surface area (Å²) in [6.45, 7) is 11.2. The van der Waals surface area contributed by atoms with Crippen LogP contribution in [0.4, 0.5) is 0 Å². The summed E-state index contributed by atoms with van der Waals surface area (Å²) in [6.07, 6.45) is 5.11. The molecule has 0 aromatic carbocycles. The lowest BCUT2D eigenvalue weighted by molar-refractivity contribution is 0.0724. The quantitative estimate of drug-likeness (QED) is 0.700. The summed E-state index contributed by atoms with van der Waals surface area (Å²) in [6, 6.07) is 0. The van der Waals surface area contributed by atoms with E-state index >= 15 is 0 Å². The summed E-state index contributed by atoms with van der Waals surface area (Å²) >= 11 is 0. The summed E-state index contributed by atoms with van der Waals surface area (Å²) < 4.78 is 0. The SMILES string of the molecule is CCC(CC)CNC1(CN)CC(C(C)C)C1. The minimum atomic E-state index is 0.275. The molecule has 2 nitrogen and oxygen atoms in total. The number of hydrogen-bond donors (Lipinski definition) is 2. The smallest absolute Gasteiger partial charge is 0.0309 e. The van der Waals surface area contributed by atoms with E-state index in [-0.39, 0.29) is 5.54 Å². The van der Waals surface area contributed by atoms with Crippen molar-refractivity contribution >= 4 is 0 Å². The first-order valence-corrected chi connectivity index (χ1v) is 7.02. The van der Waals surface area contributed by atoms with Crippen LogP contribution in [0.15, 0.2) is 0 Å². The molecule has 2 heteroatoms. The van der Waals surface area contributed by atoms with Crippen LogP contribution in [0, 0.1) is 17.8 Å². The van der Waals surface area contributed by atoms with Crippen LogP contribution in [0.25, 0.3) is 0 Å². The van der Waals surface area contributed by atoms with Gasteiger partial charge in [0.05, 0.1) is 0 Å². The van der Waals surface area contributed by atoms with Gasteiger partial charge in [0.1, 0.15) is 0 Å². The Morgan fingerprint density at radius 1 is 1.25 bits per heavy atom. The Hall–Kier alpha value is -0.0800. The van der Waals surface area contributed by atoms with Crippen molar-refractivity contribution in [3.05, 3.63) is 0 Å². The molecule has 16 heavy (non-hydrogen) atoms. The summed E-state index contributed by atoms with van der Waals surface area (Å²) in [7, 11) is 0. The maximum atomic E-state index is 5.94. The molecule has 0 aromatic heterocycles. The first-order valence-electron chi connectivity index (χ1n) is 7.02. The van der Waals surface area contributed by atoms with Gasteiger partial charge in [0.15, 0.2) is 0 Å². The molecule has 0 atom stereocenters. The third-order valence-corrected chi connectivity index (χ3v) is 4.56. The van der Waals surface area contributed by atoms with Crippen LogP contribution >= 0.6 is 0 Å². The number of nitrogens with one attached hydrogen (secondary N) is 1. The van der Waals surface area contributed by atoms with E-state index in [0.717, 1.165) is 30.8 Å². The van der Waals surface area contributed by atoms with Crippen LogP contribution in [0.3, 0.4) is 0 Å². The van der Waals surface area contributed by atoms with Crippen molar-refractivity contribution in [3.8, 4) is 0 Å². The Balaban J connectivity index is 2.34. The fraction of sp³-hybridized carbons (Fsp3) is 1.00. The Labute approximate surface area is 101 Å². The molecule has 0 spiro atoms. The van der Waals surface area contributed by atoms with E-state index in [0.29, 0.717) is 0 Å². The fourth-order valence-electron chi connectivity index (χ4n) is 2.74. The molecule has 1 aliphatic carbocycles. The monoisotopic (exact) mass is 226 g/mol. The van der Waals surface area contributed by atoms with E-state index in [1.54, 1.807) is 0 Å². The van der Waals surface area contributed by atoms with E-state index in [9.17, 15) is 0 Å². The van der Waals surface area contributed by atoms with Crippen molar-refractivity contribution in [1.29, 1.82) is 0 Å². The van der Waals surface area contributed by atoms with Crippen molar-refractivity contribution < 1.29 is 0 Å². The second-order valence-corrected chi connectivity index (χ2v) is 5.96. The molecule has 1 rings (SSSR count). The van der Waals surface area contributed by atoms with E-state index in [4.69, 9.17) is 5.73 Å². The van der Waals surface area contributed by atoms with E-state index in [1.165, 1.54) is 25.7 Å². The normalized spacial score (nSPS) is 29.8. The van der Waals surface area contributed by atoms with Crippen LogP contribution in [-0.4, -0.2) is 18.6 Å². The highest BCUT2D eigenvalue weighted by Crippen LogP contribution is 2.41. The lowest BCUT2D eigenvalue weighted by Gasteiger charge is -2.50. The molecular weight excluding hydrogens is 196 g/mol. The highest BCUT2D eigenvalue weighted by molar-refractivity contribution is 5.02. The van der Waals surface area contributed by atoms with E-state index in [2.05, 4.69) is 33.0 Å². The van der Waals surface area contributed by atoms with Gasteiger partial charge in [-0.2, -0.15) is 0 Å². The van der Waals surface area contributed by atoms with Crippen molar-refractivity contribution in [2.24, 2.45) is 23.5 Å². The molecule has 96 valence electrons. The summed E-state index contributed by atoms with van der Waals surface area (Å²) in [5.41, 5.74) is 6.21. The highest BCUT2D eigenvalue weighted by atomic mass is 15.0. The molecule has 1 aliphatic rings. The summed E-state index contributed by atoms with van der Waals surface area (Å²) in [5.74, 6) is 2.52. The molecule has 0 heterocycles. The number of rotatable bonds is 7. The van der Waals surface area contributed by atoms with Gasteiger partial charge in [-0.25, -0.2) is 0 Å². The molecule has 3 N–H and O–H groups in total. The average Bonchev–Trinajstić information content (AvgIpc) is 2.22. The lowest BCUT2D eigenvalue weighted by atomic mass is 9.64. The van der Waals surface area contributed by atoms with Crippen LogP contribution in [0.1, 0.15) is 53.4 Å². The third-order valence-electron chi connectivity index (χ3n) is 4.56. The number of hydrogen-bond acceptors (Lipinski definition) is 2. The largest absolute Gasteiger partial charge is 0.329 e. The number of nitrogens with two attached hydrogens (primary N) is 1. The fourth-order valence-corrected chi connectivity index (χ4v) is 2.74. The van der Waals surface area contributed by atoms with Crippen molar-refractivity contribution in [3.63, 3.8) is 0 Å². The van der Waals surface area contributed by atoms with Gasteiger partial charge in [0, 0.05) is 12.1 Å². The predicted octanol–water partition coefficient (Wildman–Crippen LogP) is 2.78. The zero-order valence-corrected chi connectivity index (χ0v) is 11.6. The van der Waals surface area contributed by atoms with E-state index in [1.807, 2.05) is 0 Å². The minimum absolute atomic E-state index is 0.275. The molecule has 0 radical (unpaired) electrons. The van der Waals surface area contributed by atoms with Crippen LogP contribution < -0.4 is 11.1 Å². The second-order valence-electron chi connectivity index (χ2n) is 5.96. The standard InChI is InChI=1S/C14H30N2/c1-5-12(6-2)9-16-14(10-15)7-13(8-14)11(3)4/h11-13,16H,5-10,15H2,1-4H3. The van der Waals surface area contributed by atoms with Gasteiger partial charge in [-0.15, -0.1) is 0 Å². The molecule has 0 aromatic rings. The van der Waals surface area contributed by atoms with Gasteiger partial charge in [0.25, 0.3) is 0 Å². The molecule has 0 saturated heterocycles. The Morgan fingerprint density at radius 2 is 1.81 bits per heavy atom. The second kappa shape index (κ2) is 6.02. The Morgan fingerprint density at radius 3 is 2.19 bits per heavy atom. The van der Waals surface area contributed by atoms with Crippen molar-refractivity contribution in [2.75, 3.05) is 13.1 Å². The average molecular weight is 226 g/mol. The molecule has 1 fully saturated rings. The van der Waals surface area contributed by atoms with Gasteiger partial charge in [-0.05, 0) is 37.1 Å². The summed E-state index contributed by atoms with van der Waals surface area (Å²) in [5, 5.41) is 3.74. The minimum Gasteiger partial charge on any atom is -0.329 e. The van der Waals surface area contributed by atoms with Crippen molar-refractivity contribution in [2.45, 2.75) is 58.9 Å². The maximum Gasteiger partial charge on any atom is 0.0309 e. The molecular formula is C14H30N2. The van der Waals surface area contributed by atoms with Crippen LogP contribution in [-0.2, 0) is 0 Å². The zero-order valence-electron chi connectivity index (χ0n) is 11.6. The Kier molecular flexibility index (Phi) is 5.26. The first kappa shape index (κ1) is 14.0. The highest BCUT2D eigenvalue weighted by Gasteiger charge is 2.43. The first-order chi connectivity index (χ1) is 7.56. The van der Waals surface area contributed by atoms with Crippen LogP contribution in [0.2, 0.25) is 0 Å². The maximum absolute atomic E-state index is 5.94. The molecule has 0 bridgehead atoms. The predicted molar refractivity (Wildman–Crippen MR) is 71.4 cm³/mol. The van der Waals surface area contributed by atoms with Gasteiger partial charge in [-0.1, -0.05) is 40.5 Å².